The van der Waals surface area contributed by atoms with Crippen LogP contribution in [0, 0.1) is 0 Å². The Kier molecular flexibility index (Phi) is 5.91. The quantitative estimate of drug-likeness (QED) is 0.834. The van der Waals surface area contributed by atoms with Crippen LogP contribution in [0.4, 0.5) is 4.79 Å². The number of carbonyl (C=O) groups excluding carboxylic acids is 1. The lowest BCUT2D eigenvalue weighted by molar-refractivity contribution is 0.0475. The lowest BCUT2D eigenvalue weighted by Gasteiger charge is -2.37. The minimum absolute atomic E-state index is 0.218. The molecular formula is C17H32N2O2. The number of carbonyl (C=O) groups is 1. The van der Waals surface area contributed by atoms with Crippen molar-refractivity contribution in [2.24, 2.45) is 0 Å². The molecule has 0 bridgehead atoms. The van der Waals surface area contributed by atoms with Gasteiger partial charge in [-0.25, -0.2) is 4.79 Å². The molecule has 2 aliphatic carbocycles. The zero-order chi connectivity index (χ0) is 15.3. The van der Waals surface area contributed by atoms with Crippen molar-refractivity contribution in [1.82, 2.24) is 10.6 Å². The van der Waals surface area contributed by atoms with Crippen molar-refractivity contribution in [3.05, 3.63) is 0 Å². The van der Waals surface area contributed by atoms with Crippen LogP contribution in [0.25, 0.3) is 0 Å². The average Bonchev–Trinajstić information content (AvgIpc) is 2.40. The summed E-state index contributed by atoms with van der Waals surface area (Å²) in [5, 5.41) is 6.90. The highest BCUT2D eigenvalue weighted by molar-refractivity contribution is 5.68. The van der Waals surface area contributed by atoms with Crippen LogP contribution in [0.1, 0.15) is 78.6 Å². The van der Waals surface area contributed by atoms with Crippen LogP contribution in [-0.4, -0.2) is 29.8 Å². The summed E-state index contributed by atoms with van der Waals surface area (Å²) in [5.74, 6) is 0. The first-order valence-corrected chi connectivity index (χ1v) is 8.69. The molecule has 0 aromatic heterocycles. The van der Waals surface area contributed by atoms with E-state index in [0.717, 1.165) is 12.8 Å². The van der Waals surface area contributed by atoms with Crippen LogP contribution in [0.5, 0.6) is 0 Å². The molecule has 2 N–H and O–H groups in total. The second-order valence-corrected chi connectivity index (χ2v) is 7.65. The molecule has 2 saturated carbocycles. The molecule has 4 heteroatoms. The van der Waals surface area contributed by atoms with E-state index in [4.69, 9.17) is 4.74 Å². The SMILES string of the molecule is CC(C)(C)OC(=O)N[C@@H]1CCCC[C@@H]1NC1CCCCC1. The summed E-state index contributed by atoms with van der Waals surface area (Å²) in [5.41, 5.74) is -0.426. The van der Waals surface area contributed by atoms with Gasteiger partial charge in [-0.15, -0.1) is 0 Å². The number of rotatable bonds is 3. The Morgan fingerprint density at radius 3 is 2.10 bits per heavy atom. The molecule has 2 rings (SSSR count). The van der Waals surface area contributed by atoms with Gasteiger partial charge >= 0.3 is 6.09 Å². The molecule has 0 aliphatic heterocycles. The van der Waals surface area contributed by atoms with Crippen LogP contribution in [0.2, 0.25) is 0 Å². The molecule has 0 aromatic carbocycles. The van der Waals surface area contributed by atoms with E-state index in [1.807, 2.05) is 20.8 Å². The predicted octanol–water partition coefficient (Wildman–Crippen LogP) is 3.74. The zero-order valence-corrected chi connectivity index (χ0v) is 13.9. The third-order valence-electron chi connectivity index (χ3n) is 4.52. The van der Waals surface area contributed by atoms with E-state index >= 15 is 0 Å². The molecule has 2 fully saturated rings. The van der Waals surface area contributed by atoms with Gasteiger partial charge in [-0.2, -0.15) is 0 Å². The Hall–Kier alpha value is -0.770. The van der Waals surface area contributed by atoms with Crippen LogP contribution in [-0.2, 0) is 4.74 Å². The number of alkyl carbamates (subject to hydrolysis) is 1. The van der Waals surface area contributed by atoms with Crippen LogP contribution < -0.4 is 10.6 Å². The summed E-state index contributed by atoms with van der Waals surface area (Å²) in [7, 11) is 0. The van der Waals surface area contributed by atoms with E-state index in [1.165, 1.54) is 44.9 Å². The van der Waals surface area contributed by atoms with Gasteiger partial charge in [0, 0.05) is 18.1 Å². The minimum Gasteiger partial charge on any atom is -0.444 e. The van der Waals surface area contributed by atoms with E-state index in [1.54, 1.807) is 0 Å². The molecule has 1 amide bonds. The van der Waals surface area contributed by atoms with Crippen LogP contribution in [0.15, 0.2) is 0 Å². The normalized spacial score (nSPS) is 28.1. The molecule has 0 radical (unpaired) electrons. The van der Waals surface area contributed by atoms with E-state index in [-0.39, 0.29) is 12.1 Å². The summed E-state index contributed by atoms with van der Waals surface area (Å²) in [6.45, 7) is 5.72. The molecule has 2 aliphatic rings. The summed E-state index contributed by atoms with van der Waals surface area (Å²) < 4.78 is 5.40. The van der Waals surface area contributed by atoms with Crippen molar-refractivity contribution in [3.8, 4) is 0 Å². The van der Waals surface area contributed by atoms with Crippen molar-refractivity contribution in [2.45, 2.75) is 102 Å². The van der Waals surface area contributed by atoms with Gasteiger partial charge in [0.25, 0.3) is 0 Å². The fourth-order valence-electron chi connectivity index (χ4n) is 3.53. The van der Waals surface area contributed by atoms with Gasteiger partial charge in [-0.05, 0) is 46.5 Å². The fourth-order valence-corrected chi connectivity index (χ4v) is 3.53. The zero-order valence-electron chi connectivity index (χ0n) is 13.9. The van der Waals surface area contributed by atoms with Crippen molar-refractivity contribution >= 4 is 6.09 Å². The van der Waals surface area contributed by atoms with Gasteiger partial charge in [0.15, 0.2) is 0 Å². The molecule has 122 valence electrons. The second kappa shape index (κ2) is 7.48. The smallest absolute Gasteiger partial charge is 0.407 e. The van der Waals surface area contributed by atoms with E-state index < -0.39 is 5.60 Å². The molecular weight excluding hydrogens is 264 g/mol. The highest BCUT2D eigenvalue weighted by atomic mass is 16.6. The molecule has 4 nitrogen and oxygen atoms in total. The summed E-state index contributed by atoms with van der Waals surface area (Å²) in [4.78, 5) is 12.0. The lowest BCUT2D eigenvalue weighted by Crippen LogP contribution is -2.55. The Balaban J connectivity index is 1.84. The van der Waals surface area contributed by atoms with Crippen molar-refractivity contribution in [1.29, 1.82) is 0 Å². The number of ether oxygens (including phenoxy) is 1. The lowest BCUT2D eigenvalue weighted by atomic mass is 9.87. The largest absolute Gasteiger partial charge is 0.444 e. The molecule has 21 heavy (non-hydrogen) atoms. The maximum absolute atomic E-state index is 12.0. The third kappa shape index (κ3) is 5.85. The van der Waals surface area contributed by atoms with Crippen LogP contribution in [0.3, 0.4) is 0 Å². The van der Waals surface area contributed by atoms with Gasteiger partial charge in [0.1, 0.15) is 5.60 Å². The standard InChI is InChI=1S/C17H32N2O2/c1-17(2,3)21-16(20)19-15-12-8-7-11-14(15)18-13-9-5-4-6-10-13/h13-15,18H,4-12H2,1-3H3,(H,19,20)/t14-,15+/m0/s1. The van der Waals surface area contributed by atoms with Gasteiger partial charge in [0.2, 0.25) is 0 Å². The fraction of sp³-hybridized carbons (Fsp3) is 0.941. The summed E-state index contributed by atoms with van der Waals surface area (Å²) in [6, 6.07) is 1.27. The predicted molar refractivity (Wildman–Crippen MR) is 85.4 cm³/mol. The molecule has 0 aromatic rings. The first kappa shape index (κ1) is 16.6. The molecule has 0 unspecified atom stereocenters. The van der Waals surface area contributed by atoms with Crippen molar-refractivity contribution < 1.29 is 9.53 Å². The second-order valence-electron chi connectivity index (χ2n) is 7.65. The van der Waals surface area contributed by atoms with Gasteiger partial charge in [-0.3, -0.25) is 0 Å². The number of nitrogens with one attached hydrogen (secondary N) is 2. The highest BCUT2D eigenvalue weighted by Gasteiger charge is 2.30. The molecule has 0 saturated heterocycles. The summed E-state index contributed by atoms with van der Waals surface area (Å²) >= 11 is 0. The van der Waals surface area contributed by atoms with Crippen LogP contribution >= 0.6 is 0 Å². The van der Waals surface area contributed by atoms with Gasteiger partial charge < -0.3 is 15.4 Å². The van der Waals surface area contributed by atoms with Crippen molar-refractivity contribution in [2.75, 3.05) is 0 Å². The number of amides is 1. The number of hydrogen-bond acceptors (Lipinski definition) is 3. The highest BCUT2D eigenvalue weighted by Crippen LogP contribution is 2.23. The van der Waals surface area contributed by atoms with Gasteiger partial charge in [-0.1, -0.05) is 32.1 Å². The van der Waals surface area contributed by atoms with Crippen molar-refractivity contribution in [3.63, 3.8) is 0 Å². The topological polar surface area (TPSA) is 50.4 Å². The summed E-state index contributed by atoms with van der Waals surface area (Å²) in [6.07, 6.45) is 11.0. The Labute approximate surface area is 129 Å². The van der Waals surface area contributed by atoms with E-state index in [9.17, 15) is 4.79 Å². The molecule has 0 heterocycles. The number of hydrogen-bond donors (Lipinski definition) is 2. The van der Waals surface area contributed by atoms with E-state index in [0.29, 0.717) is 12.1 Å². The maximum atomic E-state index is 12.0. The molecule has 2 atom stereocenters. The first-order valence-electron chi connectivity index (χ1n) is 8.69. The molecule has 0 spiro atoms. The van der Waals surface area contributed by atoms with Gasteiger partial charge in [0.05, 0.1) is 0 Å². The Bertz CT molecular complexity index is 332. The average molecular weight is 296 g/mol. The van der Waals surface area contributed by atoms with E-state index in [2.05, 4.69) is 10.6 Å². The first-order chi connectivity index (χ1) is 9.94. The monoisotopic (exact) mass is 296 g/mol. The Morgan fingerprint density at radius 2 is 1.48 bits per heavy atom. The third-order valence-corrected chi connectivity index (χ3v) is 4.52. The maximum Gasteiger partial charge on any atom is 0.407 e. The minimum atomic E-state index is -0.426. The Morgan fingerprint density at radius 1 is 0.905 bits per heavy atom.